The number of aryl methyl sites for hydroxylation is 2. The van der Waals surface area contributed by atoms with Crippen molar-refractivity contribution < 1.29 is 9.18 Å². The molecule has 3 aromatic rings. The molecular weight excluding hydrogens is 397 g/mol. The lowest BCUT2D eigenvalue weighted by atomic mass is 9.98. The van der Waals surface area contributed by atoms with E-state index in [1.54, 1.807) is 12.1 Å². The van der Waals surface area contributed by atoms with E-state index >= 15 is 0 Å². The molecule has 0 radical (unpaired) electrons. The Balaban J connectivity index is 1.74. The van der Waals surface area contributed by atoms with Crippen LogP contribution in [-0.4, -0.2) is 37.9 Å². The molecule has 3 N–H and O–H groups in total. The number of hydrogen-bond acceptors (Lipinski definition) is 7. The number of halogens is 1. The van der Waals surface area contributed by atoms with Crippen LogP contribution in [0.3, 0.4) is 0 Å². The second-order valence-electron chi connectivity index (χ2n) is 8.07. The minimum atomic E-state index is -0.904. The molecule has 1 aromatic carbocycles. The zero-order valence-corrected chi connectivity index (χ0v) is 17.6. The number of Topliss-reactive ketones (excluding diaryl/α,β-unsaturated/α-hetero) is 1. The lowest BCUT2D eigenvalue weighted by molar-refractivity contribution is 0.0994. The summed E-state index contributed by atoms with van der Waals surface area (Å²) in [7, 11) is 0. The first-order chi connectivity index (χ1) is 14.9. The fourth-order valence-electron chi connectivity index (χ4n) is 4.00. The number of aromatic nitrogens is 4. The number of rotatable bonds is 7. The van der Waals surface area contributed by atoms with Gasteiger partial charge >= 0.3 is 6.08 Å². The summed E-state index contributed by atoms with van der Waals surface area (Å²) in [5, 5.41) is 13.0. The summed E-state index contributed by atoms with van der Waals surface area (Å²) in [5.41, 5.74) is 9.37. The molecule has 0 atom stereocenters. The van der Waals surface area contributed by atoms with Gasteiger partial charge in [-0.25, -0.2) is 4.98 Å². The zero-order chi connectivity index (χ0) is 22.1. The van der Waals surface area contributed by atoms with Crippen molar-refractivity contribution in [3.63, 3.8) is 0 Å². The van der Waals surface area contributed by atoms with E-state index < -0.39 is 6.08 Å². The average molecular weight is 421 g/mol. The second kappa shape index (κ2) is 8.40. The number of carbonyl (C=O) groups is 1. The number of hydrogen-bond donors (Lipinski definition) is 2. The maximum atomic E-state index is 13.9. The molecule has 0 fully saturated rings. The van der Waals surface area contributed by atoms with E-state index in [0.29, 0.717) is 65.5 Å². The van der Waals surface area contributed by atoms with Crippen molar-refractivity contribution in [2.24, 2.45) is 0 Å². The molecule has 0 bridgehead atoms. The molecule has 2 aromatic heterocycles. The van der Waals surface area contributed by atoms with Crippen molar-refractivity contribution in [3.8, 4) is 6.07 Å². The van der Waals surface area contributed by atoms with Crippen molar-refractivity contribution in [1.82, 2.24) is 24.8 Å². The first-order valence-electron chi connectivity index (χ1n) is 10.4. The SMILES string of the molecule is CC(C)NCCCn1c(Cc2cc3c(cc2C#N)CCC3=O)nc2c(N)nc(F)nc21. The molecule has 8 nitrogen and oxygen atoms in total. The third kappa shape index (κ3) is 4.11. The Labute approximate surface area is 179 Å². The number of anilines is 1. The average Bonchev–Trinajstić information content (AvgIpc) is 3.25. The largest absolute Gasteiger partial charge is 0.382 e. The van der Waals surface area contributed by atoms with Crippen LogP contribution in [0.4, 0.5) is 10.2 Å². The number of fused-ring (bicyclic) bond motifs is 2. The number of nitrogens with zero attached hydrogens (tertiary/aromatic N) is 5. The van der Waals surface area contributed by atoms with Crippen LogP contribution in [0, 0.1) is 17.4 Å². The first-order valence-corrected chi connectivity index (χ1v) is 10.4. The predicted octanol–water partition coefficient (Wildman–Crippen LogP) is 2.53. The summed E-state index contributed by atoms with van der Waals surface area (Å²) in [6.45, 7) is 5.46. The van der Waals surface area contributed by atoms with Gasteiger partial charge < -0.3 is 15.6 Å². The number of nitrogen functional groups attached to an aromatic ring is 1. The van der Waals surface area contributed by atoms with E-state index in [-0.39, 0.29) is 11.6 Å². The van der Waals surface area contributed by atoms with Crippen LogP contribution >= 0.6 is 0 Å². The minimum Gasteiger partial charge on any atom is -0.382 e. The van der Waals surface area contributed by atoms with Gasteiger partial charge in [-0.05, 0) is 42.6 Å². The van der Waals surface area contributed by atoms with Gasteiger partial charge in [-0.1, -0.05) is 13.8 Å². The minimum absolute atomic E-state index is 0.0209. The predicted molar refractivity (Wildman–Crippen MR) is 114 cm³/mol. The van der Waals surface area contributed by atoms with Crippen LogP contribution in [0.25, 0.3) is 11.2 Å². The standard InChI is InChI=1S/C22H24FN7O/c1-12(2)26-6-3-7-30-18(27-19-20(25)28-22(23)29-21(19)30)10-14-9-16-13(4-5-17(16)31)8-15(14)11-24/h8-9,12,26H,3-7,10H2,1-2H3,(H2,25,28,29). The molecule has 0 spiro atoms. The van der Waals surface area contributed by atoms with Gasteiger partial charge in [0.1, 0.15) is 5.82 Å². The smallest absolute Gasteiger partial charge is 0.312 e. The van der Waals surface area contributed by atoms with Crippen LogP contribution in [0.5, 0.6) is 0 Å². The Morgan fingerprint density at radius 2 is 2.10 bits per heavy atom. The van der Waals surface area contributed by atoms with E-state index in [0.717, 1.165) is 18.5 Å². The number of imidazole rings is 1. The van der Waals surface area contributed by atoms with Gasteiger partial charge in [0.2, 0.25) is 0 Å². The quantitative estimate of drug-likeness (QED) is 0.444. The summed E-state index contributed by atoms with van der Waals surface area (Å²) in [6, 6.07) is 6.17. The van der Waals surface area contributed by atoms with Gasteiger partial charge in [0.15, 0.2) is 22.8 Å². The topological polar surface area (TPSA) is 123 Å². The van der Waals surface area contributed by atoms with E-state index in [1.165, 1.54) is 0 Å². The Bertz CT molecular complexity index is 1210. The Hall–Kier alpha value is -3.38. The van der Waals surface area contributed by atoms with E-state index in [4.69, 9.17) is 5.73 Å². The highest BCUT2D eigenvalue weighted by Gasteiger charge is 2.23. The van der Waals surface area contributed by atoms with E-state index in [2.05, 4.69) is 40.2 Å². The van der Waals surface area contributed by atoms with Gasteiger partial charge in [0.05, 0.1) is 11.6 Å². The zero-order valence-electron chi connectivity index (χ0n) is 17.6. The van der Waals surface area contributed by atoms with Crippen LogP contribution in [0.1, 0.15) is 59.6 Å². The first kappa shape index (κ1) is 20.9. The molecule has 1 aliphatic rings. The molecule has 0 aliphatic heterocycles. The summed E-state index contributed by atoms with van der Waals surface area (Å²) in [6.07, 6.45) is 1.31. The van der Waals surface area contributed by atoms with Gasteiger partial charge in [-0.2, -0.15) is 19.6 Å². The molecule has 0 amide bonds. The molecule has 160 valence electrons. The Morgan fingerprint density at radius 3 is 2.84 bits per heavy atom. The van der Waals surface area contributed by atoms with Gasteiger partial charge in [-0.3, -0.25) is 4.79 Å². The highest BCUT2D eigenvalue weighted by molar-refractivity contribution is 6.00. The molecule has 0 unspecified atom stereocenters. The van der Waals surface area contributed by atoms with Crippen LogP contribution in [0.2, 0.25) is 0 Å². The molecule has 0 saturated heterocycles. The fraction of sp³-hybridized carbons (Fsp3) is 0.409. The van der Waals surface area contributed by atoms with Crippen LogP contribution in [-0.2, 0) is 19.4 Å². The lowest BCUT2D eigenvalue weighted by Gasteiger charge is -2.12. The van der Waals surface area contributed by atoms with Crippen molar-refractivity contribution in [1.29, 1.82) is 5.26 Å². The number of nitrogens with two attached hydrogens (primary N) is 1. The summed E-state index contributed by atoms with van der Waals surface area (Å²) < 4.78 is 15.7. The Morgan fingerprint density at radius 1 is 1.29 bits per heavy atom. The third-order valence-corrected chi connectivity index (χ3v) is 5.50. The monoisotopic (exact) mass is 421 g/mol. The highest BCUT2D eigenvalue weighted by atomic mass is 19.1. The summed E-state index contributed by atoms with van der Waals surface area (Å²) in [5.74, 6) is 0.673. The maximum absolute atomic E-state index is 13.9. The number of nitrogens with one attached hydrogen (secondary N) is 1. The summed E-state index contributed by atoms with van der Waals surface area (Å²) in [4.78, 5) is 24.3. The number of nitriles is 1. The summed E-state index contributed by atoms with van der Waals surface area (Å²) >= 11 is 0. The fourth-order valence-corrected chi connectivity index (χ4v) is 4.00. The van der Waals surface area contributed by atoms with Crippen molar-refractivity contribution in [2.45, 2.75) is 52.1 Å². The number of ketones is 1. The van der Waals surface area contributed by atoms with Crippen molar-refractivity contribution in [3.05, 3.63) is 46.3 Å². The Kier molecular flexibility index (Phi) is 5.65. The van der Waals surface area contributed by atoms with Gasteiger partial charge in [0.25, 0.3) is 0 Å². The van der Waals surface area contributed by atoms with Crippen LogP contribution < -0.4 is 11.1 Å². The van der Waals surface area contributed by atoms with E-state index in [9.17, 15) is 14.4 Å². The molecule has 0 saturated carbocycles. The lowest BCUT2D eigenvalue weighted by Crippen LogP contribution is -2.24. The highest BCUT2D eigenvalue weighted by Crippen LogP contribution is 2.28. The number of benzene rings is 1. The van der Waals surface area contributed by atoms with Crippen LogP contribution in [0.15, 0.2) is 12.1 Å². The molecule has 4 rings (SSSR count). The van der Waals surface area contributed by atoms with Gasteiger partial charge in [-0.15, -0.1) is 0 Å². The molecular formula is C22H24FN7O. The molecule has 9 heteroatoms. The second-order valence-corrected chi connectivity index (χ2v) is 8.07. The van der Waals surface area contributed by atoms with E-state index in [1.807, 2.05) is 4.57 Å². The maximum Gasteiger partial charge on any atom is 0.312 e. The molecule has 31 heavy (non-hydrogen) atoms. The molecule has 1 aliphatic carbocycles. The van der Waals surface area contributed by atoms with Crippen molar-refractivity contribution in [2.75, 3.05) is 12.3 Å². The van der Waals surface area contributed by atoms with Crippen molar-refractivity contribution >= 4 is 22.8 Å². The molecule has 2 heterocycles. The third-order valence-electron chi connectivity index (χ3n) is 5.50. The number of carbonyl (C=O) groups excluding carboxylic acids is 1. The van der Waals surface area contributed by atoms with Gasteiger partial charge in [0, 0.05) is 31.0 Å². The normalized spacial score (nSPS) is 13.2.